The van der Waals surface area contributed by atoms with Gasteiger partial charge >= 0.3 is 0 Å². The number of amides is 3. The molecule has 0 N–H and O–H groups in total. The zero-order valence-corrected chi connectivity index (χ0v) is 14.3. The molecular formula is C19H26N2O3. The minimum atomic E-state index is -0.604. The molecule has 0 aromatic rings. The average molecular weight is 330 g/mol. The highest BCUT2D eigenvalue weighted by atomic mass is 16.2. The Labute approximate surface area is 143 Å². The molecule has 2 saturated heterocycles. The third-order valence-corrected chi connectivity index (χ3v) is 6.44. The normalized spacial score (nSPS) is 36.2. The summed E-state index contributed by atoms with van der Waals surface area (Å²) in [4.78, 5) is 42.2. The first kappa shape index (κ1) is 15.9. The number of hydrogen-bond acceptors (Lipinski definition) is 3. The molecule has 5 atom stereocenters. The number of hydrogen-bond donors (Lipinski definition) is 0. The highest BCUT2D eigenvalue weighted by Gasteiger charge is 2.58. The molecule has 5 heteroatoms. The van der Waals surface area contributed by atoms with Gasteiger partial charge in [0.05, 0.1) is 11.8 Å². The Morgan fingerprint density at radius 1 is 1.04 bits per heavy atom. The van der Waals surface area contributed by atoms with Gasteiger partial charge in [0.2, 0.25) is 17.7 Å². The lowest BCUT2D eigenvalue weighted by Gasteiger charge is -2.38. The second-order valence-electron chi connectivity index (χ2n) is 7.70. The molecular weight excluding hydrogens is 304 g/mol. The summed E-state index contributed by atoms with van der Waals surface area (Å²) in [5.74, 6) is -0.289. The first-order valence-electron chi connectivity index (χ1n) is 9.47. The SMILES string of the molecule is CC[C@H](C(=O)N1CCCCC1)N1C(=O)[C@@H]2[C@@H](C1=O)[C@H]1C=C[C@H]2CC1. The van der Waals surface area contributed by atoms with E-state index < -0.39 is 6.04 Å². The van der Waals surface area contributed by atoms with Crippen LogP contribution in [0, 0.1) is 23.7 Å². The van der Waals surface area contributed by atoms with Crippen molar-refractivity contribution < 1.29 is 14.4 Å². The van der Waals surface area contributed by atoms with Gasteiger partial charge in [0.15, 0.2) is 0 Å². The van der Waals surface area contributed by atoms with Crippen molar-refractivity contribution in [3.05, 3.63) is 12.2 Å². The van der Waals surface area contributed by atoms with Gasteiger partial charge in [0.25, 0.3) is 0 Å². The molecule has 3 fully saturated rings. The third kappa shape index (κ3) is 2.24. The minimum Gasteiger partial charge on any atom is -0.341 e. The van der Waals surface area contributed by atoms with Crippen LogP contribution in [0.3, 0.4) is 0 Å². The lowest BCUT2D eigenvalue weighted by atomic mass is 9.63. The van der Waals surface area contributed by atoms with Gasteiger partial charge in [0.1, 0.15) is 6.04 Å². The van der Waals surface area contributed by atoms with Gasteiger partial charge in [0, 0.05) is 13.1 Å². The van der Waals surface area contributed by atoms with E-state index in [1.807, 2.05) is 11.8 Å². The van der Waals surface area contributed by atoms with Crippen molar-refractivity contribution in [3.8, 4) is 0 Å². The highest BCUT2D eigenvalue weighted by Crippen LogP contribution is 2.50. The molecule has 0 spiro atoms. The van der Waals surface area contributed by atoms with E-state index in [2.05, 4.69) is 12.2 Å². The first-order valence-corrected chi connectivity index (χ1v) is 9.47. The number of rotatable bonds is 3. The topological polar surface area (TPSA) is 57.7 Å². The van der Waals surface area contributed by atoms with E-state index in [0.717, 1.165) is 45.2 Å². The molecule has 5 aliphatic rings. The molecule has 5 nitrogen and oxygen atoms in total. The van der Waals surface area contributed by atoms with E-state index in [1.54, 1.807) is 0 Å². The summed E-state index contributed by atoms with van der Waals surface area (Å²) in [5.41, 5.74) is 0. The Kier molecular flexibility index (Phi) is 3.97. The van der Waals surface area contributed by atoms with E-state index in [4.69, 9.17) is 0 Å². The Balaban J connectivity index is 1.59. The monoisotopic (exact) mass is 330 g/mol. The van der Waals surface area contributed by atoms with Crippen molar-refractivity contribution >= 4 is 17.7 Å². The van der Waals surface area contributed by atoms with Gasteiger partial charge < -0.3 is 4.90 Å². The largest absolute Gasteiger partial charge is 0.341 e. The molecule has 0 radical (unpaired) electrons. The predicted molar refractivity (Wildman–Crippen MR) is 88.7 cm³/mol. The van der Waals surface area contributed by atoms with Gasteiger partial charge in [-0.25, -0.2) is 0 Å². The molecule has 3 amide bonds. The van der Waals surface area contributed by atoms with Crippen molar-refractivity contribution in [1.29, 1.82) is 0 Å². The molecule has 2 heterocycles. The van der Waals surface area contributed by atoms with E-state index in [-0.39, 0.29) is 41.4 Å². The summed E-state index contributed by atoms with van der Waals surface area (Å²) < 4.78 is 0. The zero-order chi connectivity index (χ0) is 16.8. The number of fused-ring (bicyclic) bond motifs is 1. The van der Waals surface area contributed by atoms with Crippen LogP contribution < -0.4 is 0 Å². The van der Waals surface area contributed by atoms with Crippen LogP contribution in [0.4, 0.5) is 0 Å². The molecule has 5 rings (SSSR count). The van der Waals surface area contributed by atoms with Crippen molar-refractivity contribution in [3.63, 3.8) is 0 Å². The molecule has 130 valence electrons. The molecule has 3 aliphatic carbocycles. The molecule has 24 heavy (non-hydrogen) atoms. The summed E-state index contributed by atoms with van der Waals surface area (Å²) in [6, 6.07) is -0.604. The third-order valence-electron chi connectivity index (χ3n) is 6.44. The maximum atomic E-state index is 13.0. The van der Waals surface area contributed by atoms with E-state index in [0.29, 0.717) is 6.42 Å². The number of nitrogens with zero attached hydrogens (tertiary/aromatic N) is 2. The molecule has 1 saturated carbocycles. The summed E-state index contributed by atoms with van der Waals surface area (Å²) in [6.45, 7) is 3.42. The fourth-order valence-electron chi connectivity index (χ4n) is 5.20. The second-order valence-corrected chi connectivity index (χ2v) is 7.70. The number of imide groups is 1. The van der Waals surface area contributed by atoms with Crippen LogP contribution in [0.1, 0.15) is 45.4 Å². The number of carbonyl (C=O) groups is 3. The van der Waals surface area contributed by atoms with E-state index >= 15 is 0 Å². The fraction of sp³-hybridized carbons (Fsp3) is 0.737. The Morgan fingerprint density at radius 2 is 1.58 bits per heavy atom. The summed E-state index contributed by atoms with van der Waals surface area (Å²) >= 11 is 0. The number of piperidine rings is 1. The van der Waals surface area contributed by atoms with Crippen LogP contribution >= 0.6 is 0 Å². The van der Waals surface area contributed by atoms with Gasteiger partial charge in [-0.2, -0.15) is 0 Å². The standard InChI is InChI=1S/C19H26N2O3/c1-2-14(17(22)20-10-4-3-5-11-20)21-18(23)15-12-6-7-13(9-8-12)16(15)19(21)24/h6-7,12-16H,2-5,8-11H2,1H3/t12-,13-,14+,15-,16-/m0/s1. The Bertz CT molecular complexity index is 561. The second kappa shape index (κ2) is 6.01. The van der Waals surface area contributed by atoms with Crippen LogP contribution in [-0.2, 0) is 14.4 Å². The minimum absolute atomic E-state index is 0.0298. The summed E-state index contributed by atoms with van der Waals surface area (Å²) in [6.07, 6.45) is 9.93. The van der Waals surface area contributed by atoms with Crippen LogP contribution in [0.25, 0.3) is 0 Å². The molecule has 0 aromatic heterocycles. The van der Waals surface area contributed by atoms with Gasteiger partial charge in [-0.05, 0) is 50.4 Å². The van der Waals surface area contributed by atoms with Crippen molar-refractivity contribution in [2.75, 3.05) is 13.1 Å². The smallest absolute Gasteiger partial charge is 0.245 e. The lowest BCUT2D eigenvalue weighted by molar-refractivity contribution is -0.152. The van der Waals surface area contributed by atoms with E-state index in [1.165, 1.54) is 4.90 Å². The number of likely N-dealkylation sites (tertiary alicyclic amines) is 2. The maximum absolute atomic E-state index is 13.0. The summed E-state index contributed by atoms with van der Waals surface area (Å²) in [7, 11) is 0. The Morgan fingerprint density at radius 3 is 2.04 bits per heavy atom. The predicted octanol–water partition coefficient (Wildman–Crippen LogP) is 1.97. The Hall–Kier alpha value is -1.65. The maximum Gasteiger partial charge on any atom is 0.245 e. The quantitative estimate of drug-likeness (QED) is 0.587. The van der Waals surface area contributed by atoms with Gasteiger partial charge in [-0.1, -0.05) is 19.1 Å². The lowest BCUT2D eigenvalue weighted by Crippen LogP contribution is -2.52. The van der Waals surface area contributed by atoms with Crippen molar-refractivity contribution in [1.82, 2.24) is 9.80 Å². The van der Waals surface area contributed by atoms with E-state index in [9.17, 15) is 14.4 Å². The number of allylic oxidation sites excluding steroid dienone is 2. The average Bonchev–Trinajstić information content (AvgIpc) is 2.91. The van der Waals surface area contributed by atoms with Gasteiger partial charge in [-0.15, -0.1) is 0 Å². The van der Waals surface area contributed by atoms with Gasteiger partial charge in [-0.3, -0.25) is 19.3 Å². The van der Waals surface area contributed by atoms with Crippen molar-refractivity contribution in [2.24, 2.45) is 23.7 Å². The highest BCUT2D eigenvalue weighted by molar-refractivity contribution is 6.09. The molecule has 2 bridgehead atoms. The van der Waals surface area contributed by atoms with Crippen LogP contribution in [-0.4, -0.2) is 46.7 Å². The number of carbonyl (C=O) groups excluding carboxylic acids is 3. The molecule has 0 unspecified atom stereocenters. The van der Waals surface area contributed by atoms with Crippen LogP contribution in [0.15, 0.2) is 12.2 Å². The van der Waals surface area contributed by atoms with Crippen LogP contribution in [0.5, 0.6) is 0 Å². The van der Waals surface area contributed by atoms with Crippen molar-refractivity contribution in [2.45, 2.75) is 51.5 Å². The van der Waals surface area contributed by atoms with Crippen LogP contribution in [0.2, 0.25) is 0 Å². The zero-order valence-electron chi connectivity index (χ0n) is 14.3. The molecule has 2 aliphatic heterocycles. The molecule has 0 aromatic carbocycles. The summed E-state index contributed by atoms with van der Waals surface area (Å²) in [5, 5.41) is 0. The first-order chi connectivity index (χ1) is 11.6. The fourth-order valence-corrected chi connectivity index (χ4v) is 5.20.